The molecule has 1 saturated carbocycles. The van der Waals surface area contributed by atoms with Gasteiger partial charge in [0.05, 0.1) is 7.11 Å². The van der Waals surface area contributed by atoms with E-state index in [0.29, 0.717) is 17.7 Å². The lowest BCUT2D eigenvalue weighted by Crippen LogP contribution is -2.50. The van der Waals surface area contributed by atoms with Crippen LogP contribution in [0.2, 0.25) is 0 Å². The number of benzene rings is 1. The number of methoxy groups -OCH3 is 1. The maximum atomic E-state index is 12.8. The smallest absolute Gasteiger partial charge is 0.226 e. The fraction of sp³-hybridized carbons (Fsp3) is 0.526. The Balaban J connectivity index is 1.37. The van der Waals surface area contributed by atoms with Gasteiger partial charge in [-0.3, -0.25) is 4.79 Å². The highest BCUT2D eigenvalue weighted by atomic mass is 16.5. The molecule has 1 heterocycles. The molecule has 1 amide bonds. The lowest BCUT2D eigenvalue weighted by atomic mass is 9.92. The first-order valence-corrected chi connectivity index (χ1v) is 8.60. The summed E-state index contributed by atoms with van der Waals surface area (Å²) in [4.78, 5) is 17.2. The van der Waals surface area contributed by atoms with Gasteiger partial charge in [-0.1, -0.05) is 18.2 Å². The summed E-state index contributed by atoms with van der Waals surface area (Å²) in [6.07, 6.45) is 6.83. The highest BCUT2D eigenvalue weighted by molar-refractivity contribution is 5.80. The Labute approximate surface area is 137 Å². The molecule has 1 aliphatic heterocycles. The fourth-order valence-electron chi connectivity index (χ4n) is 4.29. The Morgan fingerprint density at radius 2 is 1.96 bits per heavy atom. The van der Waals surface area contributed by atoms with Crippen LogP contribution in [0, 0.1) is 17.8 Å². The van der Waals surface area contributed by atoms with Gasteiger partial charge in [-0.15, -0.1) is 0 Å². The van der Waals surface area contributed by atoms with Gasteiger partial charge < -0.3 is 14.5 Å². The van der Waals surface area contributed by atoms with Crippen LogP contribution in [0.4, 0.5) is 5.69 Å². The second-order valence-electron chi connectivity index (χ2n) is 6.90. The molecule has 3 aliphatic rings. The number of rotatable bonds is 3. The number of allylic oxidation sites excluding steroid dienone is 2. The number of nitrogens with zero attached hydrogens (tertiary/aromatic N) is 2. The topological polar surface area (TPSA) is 32.8 Å². The Morgan fingerprint density at radius 1 is 1.13 bits per heavy atom. The van der Waals surface area contributed by atoms with Crippen molar-refractivity contribution in [2.75, 3.05) is 38.2 Å². The predicted molar refractivity (Wildman–Crippen MR) is 90.6 cm³/mol. The predicted octanol–water partition coefficient (Wildman–Crippen LogP) is 2.56. The highest BCUT2D eigenvalue weighted by Gasteiger charge is 2.41. The molecule has 1 aromatic carbocycles. The molecule has 4 nitrogen and oxygen atoms in total. The monoisotopic (exact) mass is 312 g/mol. The Morgan fingerprint density at radius 3 is 2.61 bits per heavy atom. The molecule has 0 spiro atoms. The molecule has 23 heavy (non-hydrogen) atoms. The van der Waals surface area contributed by atoms with Crippen LogP contribution < -0.4 is 9.64 Å². The Hall–Kier alpha value is -1.97. The van der Waals surface area contributed by atoms with Crippen LogP contribution in [0.3, 0.4) is 0 Å². The van der Waals surface area contributed by atoms with Crippen LogP contribution in [0.5, 0.6) is 5.75 Å². The van der Waals surface area contributed by atoms with E-state index in [2.05, 4.69) is 34.1 Å². The third-order valence-electron chi connectivity index (χ3n) is 5.61. The number of anilines is 1. The zero-order valence-corrected chi connectivity index (χ0v) is 13.6. The molecule has 1 aromatic rings. The van der Waals surface area contributed by atoms with Crippen LogP contribution in [0.25, 0.3) is 0 Å². The van der Waals surface area contributed by atoms with Gasteiger partial charge in [-0.2, -0.15) is 0 Å². The summed E-state index contributed by atoms with van der Waals surface area (Å²) in [5.41, 5.74) is 1.18. The second-order valence-corrected chi connectivity index (χ2v) is 6.90. The van der Waals surface area contributed by atoms with Gasteiger partial charge in [0, 0.05) is 43.9 Å². The summed E-state index contributed by atoms with van der Waals surface area (Å²) in [6, 6.07) is 8.16. The number of hydrogen-bond donors (Lipinski definition) is 0. The van der Waals surface area contributed by atoms with Gasteiger partial charge in [0.1, 0.15) is 5.75 Å². The van der Waals surface area contributed by atoms with Crippen molar-refractivity contribution in [2.45, 2.75) is 12.8 Å². The molecule has 0 N–H and O–H groups in total. The molecule has 1 saturated heterocycles. The van der Waals surface area contributed by atoms with Crippen LogP contribution in [-0.2, 0) is 4.79 Å². The average molecular weight is 312 g/mol. The van der Waals surface area contributed by atoms with Crippen molar-refractivity contribution in [2.24, 2.45) is 17.8 Å². The number of carbonyl (C=O) groups is 1. The zero-order valence-electron chi connectivity index (χ0n) is 13.6. The summed E-state index contributed by atoms with van der Waals surface area (Å²) in [5, 5.41) is 0. The number of amides is 1. The van der Waals surface area contributed by atoms with Crippen molar-refractivity contribution < 1.29 is 9.53 Å². The summed E-state index contributed by atoms with van der Waals surface area (Å²) in [6.45, 7) is 3.45. The first-order valence-electron chi connectivity index (χ1n) is 8.60. The molecule has 0 aromatic heterocycles. The molecule has 3 unspecified atom stereocenters. The van der Waals surface area contributed by atoms with Crippen LogP contribution >= 0.6 is 0 Å². The normalized spacial score (nSPS) is 29.2. The Kier molecular flexibility index (Phi) is 3.76. The quantitative estimate of drug-likeness (QED) is 0.804. The molecule has 2 fully saturated rings. The number of fused-ring (bicyclic) bond motifs is 2. The number of carbonyl (C=O) groups excluding carboxylic acids is 1. The maximum Gasteiger partial charge on any atom is 0.226 e. The van der Waals surface area contributed by atoms with E-state index in [1.165, 1.54) is 12.1 Å². The van der Waals surface area contributed by atoms with E-state index in [0.717, 1.165) is 38.3 Å². The van der Waals surface area contributed by atoms with E-state index >= 15 is 0 Å². The summed E-state index contributed by atoms with van der Waals surface area (Å²) < 4.78 is 5.30. The van der Waals surface area contributed by atoms with E-state index < -0.39 is 0 Å². The molecule has 3 atom stereocenters. The van der Waals surface area contributed by atoms with Crippen LogP contribution in [0.15, 0.2) is 36.4 Å². The standard InChI is InChI=1S/C19H24N2O2/c1-23-17-4-2-3-16(13-17)20-7-9-21(10-8-20)19(22)18-12-14-5-6-15(18)11-14/h2-6,13-15,18H,7-12H2,1H3. The molecular formula is C19H24N2O2. The van der Waals surface area contributed by atoms with E-state index in [9.17, 15) is 4.79 Å². The van der Waals surface area contributed by atoms with Crippen molar-refractivity contribution in [3.63, 3.8) is 0 Å². The highest BCUT2D eigenvalue weighted by Crippen LogP contribution is 2.44. The summed E-state index contributed by atoms with van der Waals surface area (Å²) in [7, 11) is 1.69. The second kappa shape index (κ2) is 5.91. The van der Waals surface area contributed by atoms with Gasteiger partial charge in [0.15, 0.2) is 0 Å². The van der Waals surface area contributed by atoms with E-state index in [1.807, 2.05) is 12.1 Å². The molecule has 122 valence electrons. The third-order valence-corrected chi connectivity index (χ3v) is 5.61. The largest absolute Gasteiger partial charge is 0.497 e. The van der Waals surface area contributed by atoms with Crippen molar-refractivity contribution in [3.8, 4) is 5.75 Å². The molecule has 4 rings (SSSR count). The van der Waals surface area contributed by atoms with Crippen LogP contribution in [0.1, 0.15) is 12.8 Å². The van der Waals surface area contributed by atoms with E-state index in [4.69, 9.17) is 4.74 Å². The SMILES string of the molecule is COc1cccc(N2CCN(C(=O)C3CC4C=CC3C4)CC2)c1. The average Bonchev–Trinajstić information content (AvgIpc) is 3.24. The van der Waals surface area contributed by atoms with Crippen molar-refractivity contribution >= 4 is 11.6 Å². The number of ether oxygens (including phenoxy) is 1. The lowest BCUT2D eigenvalue weighted by molar-refractivity contribution is -0.136. The van der Waals surface area contributed by atoms with Crippen molar-refractivity contribution in [3.05, 3.63) is 36.4 Å². The fourth-order valence-corrected chi connectivity index (χ4v) is 4.29. The maximum absolute atomic E-state index is 12.8. The van der Waals surface area contributed by atoms with Crippen LogP contribution in [-0.4, -0.2) is 44.1 Å². The van der Waals surface area contributed by atoms with Gasteiger partial charge >= 0.3 is 0 Å². The lowest BCUT2D eigenvalue weighted by Gasteiger charge is -2.38. The molecule has 2 bridgehead atoms. The van der Waals surface area contributed by atoms with Gasteiger partial charge in [0.25, 0.3) is 0 Å². The summed E-state index contributed by atoms with van der Waals surface area (Å²) in [5.74, 6) is 2.67. The van der Waals surface area contributed by atoms with Gasteiger partial charge in [-0.25, -0.2) is 0 Å². The third kappa shape index (κ3) is 2.71. The van der Waals surface area contributed by atoms with Crippen molar-refractivity contribution in [1.29, 1.82) is 0 Å². The summed E-state index contributed by atoms with van der Waals surface area (Å²) >= 11 is 0. The molecule has 2 aliphatic carbocycles. The van der Waals surface area contributed by atoms with Gasteiger partial charge in [0.2, 0.25) is 5.91 Å². The molecular weight excluding hydrogens is 288 g/mol. The molecule has 0 radical (unpaired) electrons. The number of hydrogen-bond acceptors (Lipinski definition) is 3. The van der Waals surface area contributed by atoms with Crippen molar-refractivity contribution in [1.82, 2.24) is 4.90 Å². The molecule has 4 heteroatoms. The first kappa shape index (κ1) is 14.6. The minimum atomic E-state index is 0.244. The first-order chi connectivity index (χ1) is 11.2. The van der Waals surface area contributed by atoms with E-state index in [1.54, 1.807) is 7.11 Å². The zero-order chi connectivity index (χ0) is 15.8. The van der Waals surface area contributed by atoms with Gasteiger partial charge in [-0.05, 0) is 36.8 Å². The Bertz CT molecular complexity index is 620. The minimum Gasteiger partial charge on any atom is -0.497 e. The minimum absolute atomic E-state index is 0.244. The van der Waals surface area contributed by atoms with E-state index in [-0.39, 0.29) is 5.92 Å². The number of piperazine rings is 1.